The van der Waals surface area contributed by atoms with Gasteiger partial charge in [-0.25, -0.2) is 0 Å². The van der Waals surface area contributed by atoms with Crippen molar-refractivity contribution in [3.05, 3.63) is 35.7 Å². The van der Waals surface area contributed by atoms with Gasteiger partial charge in [0.05, 0.1) is 20.6 Å². The lowest BCUT2D eigenvalue weighted by Gasteiger charge is -2.05. The van der Waals surface area contributed by atoms with Gasteiger partial charge in [0.15, 0.2) is 5.82 Å². The van der Waals surface area contributed by atoms with Crippen LogP contribution in [0.1, 0.15) is 11.4 Å². The Morgan fingerprint density at radius 2 is 1.79 bits per heavy atom. The zero-order chi connectivity index (χ0) is 17.1. The van der Waals surface area contributed by atoms with Crippen LogP contribution in [0, 0.1) is 0 Å². The maximum absolute atomic E-state index is 11.6. The SMILES string of the molecule is COC(=O)Cc1ccccc1-c1nn2c(CC(=O)OC)nnc2s1. The largest absolute Gasteiger partial charge is 0.469 e. The van der Waals surface area contributed by atoms with Crippen LogP contribution in [0.25, 0.3) is 15.5 Å². The van der Waals surface area contributed by atoms with Crippen LogP contribution in [-0.4, -0.2) is 46.0 Å². The molecular weight excluding hydrogens is 332 g/mol. The van der Waals surface area contributed by atoms with E-state index < -0.39 is 5.97 Å². The van der Waals surface area contributed by atoms with E-state index in [1.165, 1.54) is 30.1 Å². The highest BCUT2D eigenvalue weighted by atomic mass is 32.1. The molecule has 24 heavy (non-hydrogen) atoms. The maximum atomic E-state index is 11.6. The summed E-state index contributed by atoms with van der Waals surface area (Å²) in [5.74, 6) is -0.327. The molecule has 2 heterocycles. The Labute approximate surface area is 141 Å². The summed E-state index contributed by atoms with van der Waals surface area (Å²) >= 11 is 1.33. The summed E-state index contributed by atoms with van der Waals surface area (Å²) in [6.07, 6.45) is 0.145. The fraction of sp³-hybridized carbons (Fsp3) is 0.267. The van der Waals surface area contributed by atoms with E-state index in [1.807, 2.05) is 24.3 Å². The lowest BCUT2D eigenvalue weighted by molar-refractivity contribution is -0.140. The minimum absolute atomic E-state index is 0.00928. The van der Waals surface area contributed by atoms with E-state index in [9.17, 15) is 9.59 Å². The van der Waals surface area contributed by atoms with Gasteiger partial charge in [0.25, 0.3) is 0 Å². The van der Waals surface area contributed by atoms with Crippen molar-refractivity contribution >= 4 is 28.2 Å². The molecule has 0 saturated carbocycles. The highest BCUT2D eigenvalue weighted by Crippen LogP contribution is 2.29. The molecule has 2 aromatic heterocycles. The van der Waals surface area contributed by atoms with Crippen LogP contribution in [0.4, 0.5) is 0 Å². The van der Waals surface area contributed by atoms with Gasteiger partial charge in [-0.05, 0) is 5.56 Å². The molecule has 0 radical (unpaired) electrons. The summed E-state index contributed by atoms with van der Waals surface area (Å²) in [6, 6.07) is 7.45. The van der Waals surface area contributed by atoms with Crippen molar-refractivity contribution in [3.63, 3.8) is 0 Å². The molecule has 0 aliphatic carbocycles. The van der Waals surface area contributed by atoms with Crippen LogP contribution in [0.2, 0.25) is 0 Å². The van der Waals surface area contributed by atoms with Crippen molar-refractivity contribution < 1.29 is 19.1 Å². The molecule has 0 fully saturated rings. The average Bonchev–Trinajstić information content (AvgIpc) is 3.17. The maximum Gasteiger partial charge on any atom is 0.313 e. The third-order valence-electron chi connectivity index (χ3n) is 3.40. The van der Waals surface area contributed by atoms with E-state index in [-0.39, 0.29) is 18.8 Å². The van der Waals surface area contributed by atoms with Gasteiger partial charge in [0.1, 0.15) is 11.4 Å². The monoisotopic (exact) mass is 346 g/mol. The predicted molar refractivity (Wildman–Crippen MR) is 85.5 cm³/mol. The summed E-state index contributed by atoms with van der Waals surface area (Å²) < 4.78 is 10.9. The molecule has 124 valence electrons. The number of methoxy groups -OCH3 is 2. The fourth-order valence-corrected chi connectivity index (χ4v) is 3.11. The first-order valence-electron chi connectivity index (χ1n) is 7.05. The Morgan fingerprint density at radius 1 is 1.08 bits per heavy atom. The van der Waals surface area contributed by atoms with E-state index in [2.05, 4.69) is 20.0 Å². The number of aromatic nitrogens is 4. The van der Waals surface area contributed by atoms with Crippen LogP contribution in [0.5, 0.6) is 0 Å². The van der Waals surface area contributed by atoms with E-state index in [4.69, 9.17) is 4.74 Å². The molecule has 1 aromatic carbocycles. The first-order valence-corrected chi connectivity index (χ1v) is 7.87. The smallest absolute Gasteiger partial charge is 0.313 e. The average molecular weight is 346 g/mol. The standard InChI is InChI=1S/C15H14N4O4S/c1-22-12(20)7-9-5-3-4-6-10(9)14-18-19-11(8-13(21)23-2)16-17-15(19)24-14/h3-6H,7-8H2,1-2H3. The van der Waals surface area contributed by atoms with Crippen LogP contribution in [0.3, 0.4) is 0 Å². The van der Waals surface area contributed by atoms with Crippen molar-refractivity contribution in [2.75, 3.05) is 14.2 Å². The van der Waals surface area contributed by atoms with Crippen LogP contribution < -0.4 is 0 Å². The minimum atomic E-state index is -0.412. The molecule has 3 rings (SSSR count). The second kappa shape index (κ2) is 6.75. The van der Waals surface area contributed by atoms with Gasteiger partial charge >= 0.3 is 11.9 Å². The number of carbonyl (C=O) groups is 2. The molecule has 0 saturated heterocycles. The van der Waals surface area contributed by atoms with Crippen LogP contribution in [0.15, 0.2) is 24.3 Å². The zero-order valence-electron chi connectivity index (χ0n) is 13.1. The zero-order valence-corrected chi connectivity index (χ0v) is 13.9. The van der Waals surface area contributed by atoms with Crippen molar-refractivity contribution in [2.45, 2.75) is 12.8 Å². The highest BCUT2D eigenvalue weighted by Gasteiger charge is 2.18. The van der Waals surface area contributed by atoms with Gasteiger partial charge < -0.3 is 9.47 Å². The Balaban J connectivity index is 1.98. The van der Waals surface area contributed by atoms with Gasteiger partial charge in [0.2, 0.25) is 4.96 Å². The lowest BCUT2D eigenvalue weighted by atomic mass is 10.1. The summed E-state index contributed by atoms with van der Waals surface area (Å²) in [7, 11) is 2.67. The quantitative estimate of drug-likeness (QED) is 0.642. The number of hydrogen-bond acceptors (Lipinski definition) is 8. The number of carbonyl (C=O) groups excluding carboxylic acids is 2. The van der Waals surface area contributed by atoms with E-state index in [1.54, 1.807) is 0 Å². The molecule has 0 N–H and O–H groups in total. The van der Waals surface area contributed by atoms with Gasteiger partial charge in [-0.3, -0.25) is 9.59 Å². The van der Waals surface area contributed by atoms with Crippen molar-refractivity contribution in [1.29, 1.82) is 0 Å². The normalized spacial score (nSPS) is 10.8. The molecule has 0 amide bonds. The Bertz CT molecular complexity index is 902. The Hall–Kier alpha value is -2.81. The summed E-state index contributed by atoms with van der Waals surface area (Å²) in [5.41, 5.74) is 1.63. The number of rotatable bonds is 5. The molecule has 0 atom stereocenters. The Morgan fingerprint density at radius 3 is 2.54 bits per heavy atom. The first-order chi connectivity index (χ1) is 11.6. The van der Waals surface area contributed by atoms with Crippen LogP contribution in [-0.2, 0) is 31.9 Å². The van der Waals surface area contributed by atoms with Gasteiger partial charge in [0, 0.05) is 5.56 Å². The molecule has 0 bridgehead atoms. The number of ether oxygens (including phenoxy) is 2. The second-order valence-electron chi connectivity index (χ2n) is 4.88. The van der Waals surface area contributed by atoms with Crippen molar-refractivity contribution in [2.24, 2.45) is 0 Å². The predicted octanol–water partition coefficient (Wildman–Crippen LogP) is 1.28. The molecule has 0 spiro atoms. The van der Waals surface area contributed by atoms with Gasteiger partial charge in [-0.2, -0.15) is 9.61 Å². The van der Waals surface area contributed by atoms with Gasteiger partial charge in [-0.15, -0.1) is 10.2 Å². The topological polar surface area (TPSA) is 95.7 Å². The molecule has 8 nitrogen and oxygen atoms in total. The molecule has 0 aliphatic heterocycles. The summed E-state index contributed by atoms with van der Waals surface area (Å²) in [4.78, 5) is 23.6. The second-order valence-corrected chi connectivity index (χ2v) is 5.84. The minimum Gasteiger partial charge on any atom is -0.469 e. The van der Waals surface area contributed by atoms with Crippen molar-refractivity contribution in [1.82, 2.24) is 19.8 Å². The van der Waals surface area contributed by atoms with E-state index in [0.717, 1.165) is 11.1 Å². The molecule has 3 aromatic rings. The van der Waals surface area contributed by atoms with E-state index in [0.29, 0.717) is 15.8 Å². The number of fused-ring (bicyclic) bond motifs is 1. The Kier molecular flexibility index (Phi) is 4.52. The number of esters is 2. The lowest BCUT2D eigenvalue weighted by Crippen LogP contribution is -2.08. The fourth-order valence-electron chi connectivity index (χ4n) is 2.19. The van der Waals surface area contributed by atoms with E-state index >= 15 is 0 Å². The molecule has 0 aliphatic rings. The number of benzene rings is 1. The molecular formula is C15H14N4O4S. The third kappa shape index (κ3) is 3.11. The van der Waals surface area contributed by atoms with Gasteiger partial charge in [-0.1, -0.05) is 35.6 Å². The van der Waals surface area contributed by atoms with Crippen molar-refractivity contribution in [3.8, 4) is 10.6 Å². The molecule has 9 heteroatoms. The number of hydrogen-bond donors (Lipinski definition) is 0. The number of nitrogens with zero attached hydrogens (tertiary/aromatic N) is 4. The third-order valence-corrected chi connectivity index (χ3v) is 4.33. The molecule has 0 unspecified atom stereocenters. The summed E-state index contributed by atoms with van der Waals surface area (Å²) in [6.45, 7) is 0. The first kappa shape index (κ1) is 16.1. The van der Waals surface area contributed by atoms with Crippen LogP contribution >= 0.6 is 11.3 Å². The summed E-state index contributed by atoms with van der Waals surface area (Å²) in [5, 5.41) is 13.1. The highest BCUT2D eigenvalue weighted by molar-refractivity contribution is 7.19.